The van der Waals surface area contributed by atoms with E-state index in [1.807, 2.05) is 36.4 Å². The molecule has 2 heteroatoms. The maximum absolute atomic E-state index is 11.9. The fraction of sp³-hybridized carbons (Fsp3) is 0. The van der Waals surface area contributed by atoms with Gasteiger partial charge in [0.2, 0.25) is 0 Å². The van der Waals surface area contributed by atoms with Crippen molar-refractivity contribution in [2.45, 2.75) is 0 Å². The molecule has 0 radical (unpaired) electrons. The Hall–Kier alpha value is -3.28. The standard InChI is InChI=1S/C27H22OP/c28-22-21-27(23-13-5-1-6-14-23)29(24-15-7-2-8-16-24,25-17-9-3-10-18-25)26-19-11-4-12-20-26/h1-22H/q+1/b27-21-. The highest BCUT2D eigenvalue weighted by Crippen LogP contribution is 2.66. The van der Waals surface area contributed by atoms with Gasteiger partial charge in [-0.05, 0) is 36.4 Å². The number of aldehydes is 1. The lowest BCUT2D eigenvalue weighted by Gasteiger charge is -2.29. The second kappa shape index (κ2) is 8.82. The number of benzene rings is 4. The van der Waals surface area contributed by atoms with Gasteiger partial charge in [0, 0.05) is 11.6 Å². The molecule has 0 aliphatic carbocycles. The third-order valence-corrected chi connectivity index (χ3v) is 9.44. The lowest BCUT2D eigenvalue weighted by Crippen LogP contribution is -2.32. The molecule has 1 nitrogen and oxygen atoms in total. The molecule has 0 atom stereocenters. The molecule has 0 amide bonds. The van der Waals surface area contributed by atoms with Gasteiger partial charge in [0.05, 0.1) is 0 Å². The number of carbonyl (C=O) groups excluding carboxylic acids is 1. The van der Waals surface area contributed by atoms with Crippen LogP contribution in [0.3, 0.4) is 0 Å². The summed E-state index contributed by atoms with van der Waals surface area (Å²) in [4.78, 5) is 11.9. The van der Waals surface area contributed by atoms with Gasteiger partial charge in [-0.3, -0.25) is 4.79 Å². The lowest BCUT2D eigenvalue weighted by molar-refractivity contribution is -0.104. The van der Waals surface area contributed by atoms with E-state index in [0.717, 1.165) is 17.2 Å². The minimum absolute atomic E-state index is 0.923. The summed E-state index contributed by atoms with van der Waals surface area (Å²) in [6.45, 7) is 0. The number of rotatable bonds is 6. The van der Waals surface area contributed by atoms with E-state index in [1.165, 1.54) is 15.9 Å². The zero-order valence-electron chi connectivity index (χ0n) is 16.1. The van der Waals surface area contributed by atoms with Crippen molar-refractivity contribution in [3.8, 4) is 0 Å². The molecule has 0 bridgehead atoms. The van der Waals surface area contributed by atoms with Gasteiger partial charge in [-0.25, -0.2) is 0 Å². The molecule has 4 rings (SSSR count). The van der Waals surface area contributed by atoms with Crippen LogP contribution < -0.4 is 15.9 Å². The van der Waals surface area contributed by atoms with E-state index in [-0.39, 0.29) is 0 Å². The largest absolute Gasteiger partial charge is 0.298 e. The van der Waals surface area contributed by atoms with Crippen LogP contribution >= 0.6 is 7.26 Å². The normalized spacial score (nSPS) is 11.8. The summed E-state index contributed by atoms with van der Waals surface area (Å²) in [5.41, 5.74) is 1.07. The van der Waals surface area contributed by atoms with E-state index >= 15 is 0 Å². The molecule has 0 spiro atoms. The number of hydrogen-bond acceptors (Lipinski definition) is 1. The number of hydrogen-bond donors (Lipinski definition) is 0. The number of allylic oxidation sites excluding steroid dienone is 1. The molecule has 4 aromatic rings. The first kappa shape index (κ1) is 19.1. The highest BCUT2D eigenvalue weighted by molar-refractivity contribution is 8.03. The molecule has 0 unspecified atom stereocenters. The van der Waals surface area contributed by atoms with Crippen LogP contribution in [-0.4, -0.2) is 6.29 Å². The first-order valence-corrected chi connectivity index (χ1v) is 11.4. The van der Waals surface area contributed by atoms with Crippen molar-refractivity contribution >= 4 is 34.8 Å². The fourth-order valence-electron chi connectivity index (χ4n) is 3.89. The van der Waals surface area contributed by atoms with Crippen LogP contribution in [0.15, 0.2) is 127 Å². The highest BCUT2D eigenvalue weighted by Gasteiger charge is 2.49. The van der Waals surface area contributed by atoms with Gasteiger partial charge in [-0.1, -0.05) is 84.9 Å². The van der Waals surface area contributed by atoms with Gasteiger partial charge < -0.3 is 0 Å². The smallest absolute Gasteiger partial charge is 0.146 e. The van der Waals surface area contributed by atoms with Gasteiger partial charge in [-0.2, -0.15) is 0 Å². The summed E-state index contributed by atoms with van der Waals surface area (Å²) in [5.74, 6) is 0. The molecule has 0 N–H and O–H groups in total. The molecule has 29 heavy (non-hydrogen) atoms. The van der Waals surface area contributed by atoms with Crippen molar-refractivity contribution in [2.24, 2.45) is 0 Å². The molecular weight excluding hydrogens is 371 g/mol. The van der Waals surface area contributed by atoms with Crippen molar-refractivity contribution in [3.63, 3.8) is 0 Å². The van der Waals surface area contributed by atoms with Gasteiger partial charge in [0.1, 0.15) is 34.8 Å². The molecule has 0 saturated heterocycles. The molecule has 0 aromatic heterocycles. The molecule has 0 heterocycles. The Morgan fingerprint density at radius 3 is 1.21 bits per heavy atom. The van der Waals surface area contributed by atoms with Crippen molar-refractivity contribution in [1.29, 1.82) is 0 Å². The van der Waals surface area contributed by atoms with Crippen LogP contribution in [0, 0.1) is 0 Å². The van der Waals surface area contributed by atoms with E-state index < -0.39 is 7.26 Å². The SMILES string of the molecule is O=C/C=C(/c1ccccc1)[P+](c1ccccc1)(c1ccccc1)c1ccccc1. The predicted octanol–water partition coefficient (Wildman–Crippen LogP) is 5.22. The van der Waals surface area contributed by atoms with Crippen LogP contribution in [-0.2, 0) is 4.79 Å². The molecular formula is C27H22OP+. The van der Waals surface area contributed by atoms with Crippen LogP contribution in [0.1, 0.15) is 5.56 Å². The maximum atomic E-state index is 11.9. The van der Waals surface area contributed by atoms with Crippen molar-refractivity contribution < 1.29 is 4.79 Å². The van der Waals surface area contributed by atoms with E-state index in [1.54, 1.807) is 6.08 Å². The Kier molecular flexibility index (Phi) is 5.79. The molecule has 0 fully saturated rings. The third-order valence-electron chi connectivity index (χ3n) is 5.09. The fourth-order valence-corrected chi connectivity index (χ4v) is 8.30. The first-order chi connectivity index (χ1) is 14.4. The average Bonchev–Trinajstić information content (AvgIpc) is 2.82. The Morgan fingerprint density at radius 1 is 0.517 bits per heavy atom. The van der Waals surface area contributed by atoms with Gasteiger partial charge >= 0.3 is 0 Å². The first-order valence-electron chi connectivity index (χ1n) is 9.64. The van der Waals surface area contributed by atoms with Crippen LogP contribution in [0.5, 0.6) is 0 Å². The molecule has 0 saturated carbocycles. The second-order valence-corrected chi connectivity index (χ2v) is 10.1. The van der Waals surface area contributed by atoms with Crippen LogP contribution in [0.2, 0.25) is 0 Å². The monoisotopic (exact) mass is 393 g/mol. The topological polar surface area (TPSA) is 17.1 Å². The van der Waals surface area contributed by atoms with E-state index in [0.29, 0.717) is 0 Å². The van der Waals surface area contributed by atoms with Gasteiger partial charge in [-0.15, -0.1) is 0 Å². The van der Waals surface area contributed by atoms with Crippen LogP contribution in [0.25, 0.3) is 5.31 Å². The van der Waals surface area contributed by atoms with E-state index in [4.69, 9.17) is 0 Å². The molecule has 140 valence electrons. The summed E-state index contributed by atoms with van der Waals surface area (Å²) in [6, 6.07) is 42.0. The Bertz CT molecular complexity index is 992. The van der Waals surface area contributed by atoms with Crippen molar-refractivity contribution in [3.05, 3.63) is 133 Å². The summed E-state index contributed by atoms with van der Waals surface area (Å²) in [7, 11) is -2.27. The van der Waals surface area contributed by atoms with Crippen molar-refractivity contribution in [1.82, 2.24) is 0 Å². The summed E-state index contributed by atoms with van der Waals surface area (Å²) in [6.07, 6.45) is 2.68. The molecule has 4 aromatic carbocycles. The zero-order chi connectivity index (χ0) is 19.9. The summed E-state index contributed by atoms with van der Waals surface area (Å²) < 4.78 is 0. The summed E-state index contributed by atoms with van der Waals surface area (Å²) in [5, 5.41) is 4.76. The minimum atomic E-state index is -2.27. The third kappa shape index (κ3) is 3.58. The predicted molar refractivity (Wildman–Crippen MR) is 126 cm³/mol. The highest BCUT2D eigenvalue weighted by atomic mass is 31.2. The van der Waals surface area contributed by atoms with E-state index in [2.05, 4.69) is 84.9 Å². The Morgan fingerprint density at radius 2 is 0.862 bits per heavy atom. The minimum Gasteiger partial charge on any atom is -0.298 e. The molecule has 0 aliphatic heterocycles. The van der Waals surface area contributed by atoms with Gasteiger partial charge in [0.15, 0.2) is 0 Å². The maximum Gasteiger partial charge on any atom is 0.146 e. The zero-order valence-corrected chi connectivity index (χ0v) is 17.0. The van der Waals surface area contributed by atoms with E-state index in [9.17, 15) is 4.79 Å². The lowest BCUT2D eigenvalue weighted by atomic mass is 10.2. The van der Waals surface area contributed by atoms with Crippen molar-refractivity contribution in [2.75, 3.05) is 0 Å². The Balaban J connectivity index is 2.16. The summed E-state index contributed by atoms with van der Waals surface area (Å²) >= 11 is 0. The quantitative estimate of drug-likeness (QED) is 0.249. The molecule has 0 aliphatic rings. The average molecular weight is 393 g/mol. The van der Waals surface area contributed by atoms with Crippen LogP contribution in [0.4, 0.5) is 0 Å². The second-order valence-electron chi connectivity index (χ2n) is 6.73. The number of carbonyl (C=O) groups is 1. The Labute approximate surface area is 172 Å². The van der Waals surface area contributed by atoms with Gasteiger partial charge in [0.25, 0.3) is 0 Å².